The number of oxime groups is 1. The fourth-order valence-corrected chi connectivity index (χ4v) is 5.32. The monoisotopic (exact) mass is 365 g/mol. The molecular formula is C15H15N3O6S. The molecule has 1 amide bonds. The molecule has 3 rings (SSSR count). The summed E-state index contributed by atoms with van der Waals surface area (Å²) in [6, 6.07) is 3.40. The Balaban J connectivity index is 2.13. The third-order valence-electron chi connectivity index (χ3n) is 4.37. The van der Waals surface area contributed by atoms with E-state index in [0.717, 1.165) is 11.1 Å². The Bertz CT molecular complexity index is 895. The summed E-state index contributed by atoms with van der Waals surface area (Å²) in [7, 11) is -2.89. The van der Waals surface area contributed by atoms with Gasteiger partial charge in [-0.2, -0.15) is 0 Å². The van der Waals surface area contributed by atoms with Crippen molar-refractivity contribution in [3.05, 3.63) is 35.7 Å². The van der Waals surface area contributed by atoms with Crippen LogP contribution < -0.4 is 0 Å². The van der Waals surface area contributed by atoms with Crippen LogP contribution in [0.5, 0.6) is 0 Å². The fraction of sp³-hybridized carbons (Fsp3) is 0.333. The van der Waals surface area contributed by atoms with Crippen LogP contribution in [0.3, 0.4) is 0 Å². The predicted octanol–water partition coefficient (Wildman–Crippen LogP) is -0.0942. The molecule has 3 atom stereocenters. The van der Waals surface area contributed by atoms with Gasteiger partial charge >= 0.3 is 5.97 Å². The molecular weight excluding hydrogens is 350 g/mol. The second kappa shape index (κ2) is 5.66. The smallest absolute Gasteiger partial charge is 0.328 e. The number of hydrogen-bond donors (Lipinski definition) is 1. The van der Waals surface area contributed by atoms with Crippen LogP contribution in [0.4, 0.5) is 0 Å². The molecule has 10 heteroatoms. The summed E-state index contributed by atoms with van der Waals surface area (Å²) in [4.78, 5) is 33.5. The highest BCUT2D eigenvalue weighted by Gasteiger charge is 2.71. The van der Waals surface area contributed by atoms with E-state index in [0.29, 0.717) is 5.69 Å². The van der Waals surface area contributed by atoms with Gasteiger partial charge in [0, 0.05) is 6.20 Å². The Morgan fingerprint density at radius 3 is 2.76 bits per heavy atom. The molecule has 132 valence electrons. The number of aromatic nitrogens is 1. The SMILES string of the molecule is CO/N=C/C1(C)[C@H](C(=O)O)N2C(=O)/C(=C/c3ccccn3)C2S1(=O)=O. The second-order valence-corrected chi connectivity index (χ2v) is 8.22. The van der Waals surface area contributed by atoms with Crippen molar-refractivity contribution in [2.75, 3.05) is 7.11 Å². The molecule has 0 aromatic carbocycles. The maximum absolute atomic E-state index is 13.0. The van der Waals surface area contributed by atoms with Crippen molar-refractivity contribution < 1.29 is 28.0 Å². The molecule has 9 nitrogen and oxygen atoms in total. The lowest BCUT2D eigenvalue weighted by atomic mass is 9.94. The molecule has 1 N–H and O–H groups in total. The minimum atomic E-state index is -4.10. The van der Waals surface area contributed by atoms with E-state index in [4.69, 9.17) is 0 Å². The largest absolute Gasteiger partial charge is 0.480 e. The maximum Gasteiger partial charge on any atom is 0.328 e. The van der Waals surface area contributed by atoms with Gasteiger partial charge in [-0.3, -0.25) is 9.78 Å². The first-order valence-electron chi connectivity index (χ1n) is 7.25. The molecule has 0 saturated carbocycles. The molecule has 0 bridgehead atoms. The van der Waals surface area contributed by atoms with Crippen LogP contribution in [0.15, 0.2) is 35.1 Å². The van der Waals surface area contributed by atoms with Gasteiger partial charge in [-0.25, -0.2) is 13.2 Å². The van der Waals surface area contributed by atoms with Crippen molar-refractivity contribution >= 4 is 34.0 Å². The zero-order valence-electron chi connectivity index (χ0n) is 13.4. The van der Waals surface area contributed by atoms with Crippen molar-refractivity contribution in [3.63, 3.8) is 0 Å². The summed E-state index contributed by atoms with van der Waals surface area (Å²) >= 11 is 0. The molecule has 2 saturated heterocycles. The lowest BCUT2D eigenvalue weighted by Gasteiger charge is -2.37. The van der Waals surface area contributed by atoms with Gasteiger partial charge < -0.3 is 14.8 Å². The number of rotatable bonds is 4. The summed E-state index contributed by atoms with van der Waals surface area (Å²) in [5.41, 5.74) is 0.395. The first-order valence-corrected chi connectivity index (χ1v) is 8.79. The van der Waals surface area contributed by atoms with Gasteiger partial charge in [-0.15, -0.1) is 0 Å². The van der Waals surface area contributed by atoms with Crippen LogP contribution in [0.1, 0.15) is 12.6 Å². The Kier molecular flexibility index (Phi) is 3.87. The highest BCUT2D eigenvalue weighted by Crippen LogP contribution is 2.48. The van der Waals surface area contributed by atoms with Gasteiger partial charge in [0.15, 0.2) is 21.3 Å². The van der Waals surface area contributed by atoms with Crippen molar-refractivity contribution in [1.82, 2.24) is 9.88 Å². The predicted molar refractivity (Wildman–Crippen MR) is 87.1 cm³/mol. The third-order valence-corrected chi connectivity index (χ3v) is 6.99. The highest BCUT2D eigenvalue weighted by molar-refractivity contribution is 7.94. The van der Waals surface area contributed by atoms with Gasteiger partial charge in [0.25, 0.3) is 5.91 Å². The summed E-state index contributed by atoms with van der Waals surface area (Å²) in [5.74, 6) is -2.08. The second-order valence-electron chi connectivity index (χ2n) is 5.81. The van der Waals surface area contributed by atoms with E-state index in [-0.39, 0.29) is 5.57 Å². The molecule has 1 aromatic rings. The van der Waals surface area contributed by atoms with Gasteiger partial charge in [0.05, 0.1) is 17.5 Å². The van der Waals surface area contributed by atoms with E-state index in [1.165, 1.54) is 26.3 Å². The summed E-state index contributed by atoms with van der Waals surface area (Å²) in [6.45, 7) is 1.22. The molecule has 25 heavy (non-hydrogen) atoms. The number of sulfone groups is 1. The van der Waals surface area contributed by atoms with Crippen molar-refractivity contribution in [1.29, 1.82) is 0 Å². The fourth-order valence-electron chi connectivity index (χ4n) is 3.11. The van der Waals surface area contributed by atoms with Crippen molar-refractivity contribution in [2.45, 2.75) is 23.1 Å². The van der Waals surface area contributed by atoms with E-state index in [1.807, 2.05) is 0 Å². The first-order chi connectivity index (χ1) is 11.8. The van der Waals surface area contributed by atoms with E-state index in [2.05, 4.69) is 15.0 Å². The Morgan fingerprint density at radius 1 is 1.48 bits per heavy atom. The quantitative estimate of drug-likeness (QED) is 0.342. The normalized spacial score (nSPS) is 31.8. The molecule has 1 aromatic heterocycles. The number of nitrogens with zero attached hydrogens (tertiary/aromatic N) is 3. The topological polar surface area (TPSA) is 126 Å². The third kappa shape index (κ3) is 2.24. The molecule has 2 aliphatic rings. The molecule has 2 aliphatic heterocycles. The van der Waals surface area contributed by atoms with Gasteiger partial charge in [0.2, 0.25) is 0 Å². The van der Waals surface area contributed by atoms with Crippen LogP contribution in [0.25, 0.3) is 6.08 Å². The van der Waals surface area contributed by atoms with E-state index in [1.54, 1.807) is 18.2 Å². The van der Waals surface area contributed by atoms with E-state index >= 15 is 0 Å². The van der Waals surface area contributed by atoms with Crippen molar-refractivity contribution in [2.24, 2.45) is 5.16 Å². The maximum atomic E-state index is 13.0. The van der Waals surface area contributed by atoms with Gasteiger partial charge in [-0.1, -0.05) is 11.2 Å². The van der Waals surface area contributed by atoms with Crippen LogP contribution in [0, 0.1) is 0 Å². The number of carboxylic acids is 1. The number of β-lactam (4-membered cyclic amide) rings is 1. The van der Waals surface area contributed by atoms with Crippen LogP contribution in [-0.4, -0.2) is 64.8 Å². The zero-order chi connectivity index (χ0) is 18.4. The summed E-state index contributed by atoms with van der Waals surface area (Å²) < 4.78 is 24.0. The molecule has 3 heterocycles. The number of carboxylic acid groups (broad SMARTS) is 1. The standard InChI is InChI=1S/C15H15N3O6S/c1-15(8-17-24-2)11(14(20)21)18-12(19)10(13(18)25(15,22)23)7-9-5-3-4-6-16-9/h3-8,11,13H,1-2H3,(H,20,21)/b10-7-,17-8+/t11-,13?,15?/m0/s1. The number of fused-ring (bicyclic) bond motifs is 1. The number of hydrogen-bond acceptors (Lipinski definition) is 7. The van der Waals surface area contributed by atoms with Crippen LogP contribution >= 0.6 is 0 Å². The van der Waals surface area contributed by atoms with Crippen LogP contribution in [0.2, 0.25) is 0 Å². The van der Waals surface area contributed by atoms with E-state index < -0.39 is 37.9 Å². The number of pyridine rings is 1. The highest BCUT2D eigenvalue weighted by atomic mass is 32.2. The van der Waals surface area contributed by atoms with E-state index in [9.17, 15) is 23.1 Å². The molecule has 0 spiro atoms. The lowest BCUT2D eigenvalue weighted by molar-refractivity contribution is -0.152. The summed E-state index contributed by atoms with van der Waals surface area (Å²) in [5, 5.41) is 11.6. The molecule has 2 unspecified atom stereocenters. The minimum absolute atomic E-state index is 0.0144. The number of aliphatic carboxylic acids is 1. The molecule has 2 fully saturated rings. The summed E-state index contributed by atoms with van der Waals surface area (Å²) in [6.07, 6.45) is 3.79. The molecule has 0 aliphatic carbocycles. The average Bonchev–Trinajstić information content (AvgIpc) is 2.74. The zero-order valence-corrected chi connectivity index (χ0v) is 14.2. The number of carbonyl (C=O) groups is 2. The number of amides is 1. The first kappa shape index (κ1) is 17.1. The number of carbonyl (C=O) groups excluding carboxylic acids is 1. The Morgan fingerprint density at radius 2 is 2.20 bits per heavy atom. The molecule has 0 radical (unpaired) electrons. The van der Waals surface area contributed by atoms with Gasteiger partial charge in [-0.05, 0) is 25.1 Å². The van der Waals surface area contributed by atoms with Gasteiger partial charge in [0.1, 0.15) is 11.9 Å². The average molecular weight is 365 g/mol. The lowest BCUT2D eigenvalue weighted by Crippen LogP contribution is -2.59. The Labute approximate surface area is 143 Å². The van der Waals surface area contributed by atoms with Crippen molar-refractivity contribution in [3.8, 4) is 0 Å². The Hall–Kier alpha value is -2.75. The minimum Gasteiger partial charge on any atom is -0.480 e. The van der Waals surface area contributed by atoms with Crippen LogP contribution in [-0.2, 0) is 24.3 Å².